The molecule has 1 aliphatic rings. The molecule has 2 heterocycles. The molecule has 2 aromatic carbocycles. The summed E-state index contributed by atoms with van der Waals surface area (Å²) in [5.74, 6) is 0.561. The van der Waals surface area contributed by atoms with Crippen molar-refractivity contribution in [3.8, 4) is 11.4 Å². The van der Waals surface area contributed by atoms with Gasteiger partial charge in [0, 0.05) is 37.8 Å². The highest BCUT2D eigenvalue weighted by molar-refractivity contribution is 5.64. The molecule has 8 nitrogen and oxygen atoms in total. The van der Waals surface area contributed by atoms with E-state index in [1.807, 2.05) is 47.1 Å². The Balaban J connectivity index is 1.46. The van der Waals surface area contributed by atoms with Crippen molar-refractivity contribution in [2.45, 2.75) is 6.92 Å². The fourth-order valence-corrected chi connectivity index (χ4v) is 3.19. The highest BCUT2D eigenvalue weighted by Gasteiger charge is 2.25. The molecule has 0 radical (unpaired) electrons. The lowest BCUT2D eigenvalue weighted by atomic mass is 10.1. The fourth-order valence-electron chi connectivity index (χ4n) is 3.19. The van der Waals surface area contributed by atoms with Crippen LogP contribution in [0.25, 0.3) is 11.4 Å². The minimum atomic E-state index is -0.340. The number of piperazine rings is 1. The second-order valence-corrected chi connectivity index (χ2v) is 6.49. The van der Waals surface area contributed by atoms with Gasteiger partial charge in [-0.25, -0.2) is 0 Å². The molecule has 4 rings (SSSR count). The number of benzene rings is 2. The molecule has 8 heteroatoms. The molecule has 1 aromatic heterocycles. The van der Waals surface area contributed by atoms with Crippen LogP contribution in [0.1, 0.15) is 5.56 Å². The number of aromatic nitrogens is 2. The maximum atomic E-state index is 11.2. The van der Waals surface area contributed by atoms with Crippen molar-refractivity contribution < 1.29 is 9.45 Å². The molecular formula is C19H19N5O3. The maximum Gasteiger partial charge on any atom is 0.324 e. The van der Waals surface area contributed by atoms with E-state index < -0.39 is 0 Å². The number of nitrogens with zero attached hydrogens (tertiary/aromatic N) is 5. The minimum Gasteiger partial charge on any atom is -0.362 e. The maximum absolute atomic E-state index is 11.2. The Labute approximate surface area is 156 Å². The number of aryl methyl sites for hydroxylation is 1. The van der Waals surface area contributed by atoms with Crippen molar-refractivity contribution in [1.82, 2.24) is 10.1 Å². The number of anilines is 2. The van der Waals surface area contributed by atoms with Crippen LogP contribution in [0, 0.1) is 17.0 Å². The molecule has 0 N–H and O–H groups in total. The van der Waals surface area contributed by atoms with Gasteiger partial charge in [0.25, 0.3) is 5.69 Å². The van der Waals surface area contributed by atoms with Crippen LogP contribution in [0.4, 0.5) is 17.4 Å². The summed E-state index contributed by atoms with van der Waals surface area (Å²) in [7, 11) is 0. The zero-order valence-corrected chi connectivity index (χ0v) is 14.9. The molecule has 3 aromatic rings. The van der Waals surface area contributed by atoms with E-state index >= 15 is 0 Å². The first kappa shape index (κ1) is 17.0. The van der Waals surface area contributed by atoms with Gasteiger partial charge in [0.1, 0.15) is 5.69 Å². The number of nitro groups is 1. The SMILES string of the molecule is Cc1ccc(-c2noc(N3CCN(c4ccccc4[N+](=O)[O-])CC3)n2)cc1. The number of rotatable bonds is 4. The van der Waals surface area contributed by atoms with E-state index in [2.05, 4.69) is 10.1 Å². The Bertz CT molecular complexity index is 946. The third-order valence-electron chi connectivity index (χ3n) is 4.69. The van der Waals surface area contributed by atoms with E-state index in [9.17, 15) is 10.1 Å². The Morgan fingerprint density at radius 1 is 1.00 bits per heavy atom. The summed E-state index contributed by atoms with van der Waals surface area (Å²) in [5.41, 5.74) is 2.86. The van der Waals surface area contributed by atoms with Gasteiger partial charge in [0.2, 0.25) is 5.82 Å². The zero-order valence-electron chi connectivity index (χ0n) is 14.9. The molecule has 0 spiro atoms. The lowest BCUT2D eigenvalue weighted by Gasteiger charge is -2.34. The average Bonchev–Trinajstić information content (AvgIpc) is 3.19. The van der Waals surface area contributed by atoms with Crippen LogP contribution in [0.3, 0.4) is 0 Å². The summed E-state index contributed by atoms with van der Waals surface area (Å²) < 4.78 is 5.43. The van der Waals surface area contributed by atoms with Crippen LogP contribution < -0.4 is 9.80 Å². The molecule has 27 heavy (non-hydrogen) atoms. The van der Waals surface area contributed by atoms with Crippen molar-refractivity contribution in [3.63, 3.8) is 0 Å². The van der Waals surface area contributed by atoms with Gasteiger partial charge in [-0.1, -0.05) is 47.1 Å². The van der Waals surface area contributed by atoms with Crippen LogP contribution in [-0.4, -0.2) is 41.2 Å². The summed E-state index contributed by atoms with van der Waals surface area (Å²) in [6.07, 6.45) is 0. The van der Waals surface area contributed by atoms with E-state index in [1.54, 1.807) is 12.1 Å². The summed E-state index contributed by atoms with van der Waals surface area (Å²) in [5, 5.41) is 15.3. The highest BCUT2D eigenvalue weighted by atomic mass is 16.6. The van der Waals surface area contributed by atoms with Crippen LogP contribution >= 0.6 is 0 Å². The molecule has 0 atom stereocenters. The van der Waals surface area contributed by atoms with E-state index in [-0.39, 0.29) is 10.6 Å². The Kier molecular flexibility index (Phi) is 4.45. The van der Waals surface area contributed by atoms with Crippen molar-refractivity contribution in [1.29, 1.82) is 0 Å². The van der Waals surface area contributed by atoms with Crippen LogP contribution in [0.15, 0.2) is 53.1 Å². The molecule has 0 amide bonds. The van der Waals surface area contributed by atoms with Gasteiger partial charge < -0.3 is 14.3 Å². The molecule has 0 saturated carbocycles. The van der Waals surface area contributed by atoms with Gasteiger partial charge in [-0.15, -0.1) is 0 Å². The van der Waals surface area contributed by atoms with Crippen molar-refractivity contribution in [3.05, 3.63) is 64.2 Å². The van der Waals surface area contributed by atoms with E-state index in [0.29, 0.717) is 43.7 Å². The van der Waals surface area contributed by atoms with Crippen molar-refractivity contribution in [2.75, 3.05) is 36.0 Å². The molecule has 0 aliphatic carbocycles. The fraction of sp³-hybridized carbons (Fsp3) is 0.263. The topological polar surface area (TPSA) is 88.5 Å². The van der Waals surface area contributed by atoms with E-state index in [0.717, 1.165) is 5.56 Å². The summed E-state index contributed by atoms with van der Waals surface area (Å²) in [6.45, 7) is 4.63. The molecule has 138 valence electrons. The van der Waals surface area contributed by atoms with Crippen LogP contribution in [0.5, 0.6) is 0 Å². The largest absolute Gasteiger partial charge is 0.362 e. The average molecular weight is 365 g/mol. The molecular weight excluding hydrogens is 346 g/mol. The van der Waals surface area contributed by atoms with Gasteiger partial charge >= 0.3 is 6.01 Å². The minimum absolute atomic E-state index is 0.130. The third kappa shape index (κ3) is 3.46. The number of hydrogen-bond acceptors (Lipinski definition) is 7. The highest BCUT2D eigenvalue weighted by Crippen LogP contribution is 2.29. The molecule has 1 fully saturated rings. The van der Waals surface area contributed by atoms with Gasteiger partial charge in [-0.3, -0.25) is 10.1 Å². The summed E-state index contributed by atoms with van der Waals surface area (Å²) in [4.78, 5) is 19.4. The smallest absolute Gasteiger partial charge is 0.324 e. The molecule has 1 aliphatic heterocycles. The Morgan fingerprint density at radius 3 is 2.37 bits per heavy atom. The van der Waals surface area contributed by atoms with Crippen molar-refractivity contribution >= 4 is 17.4 Å². The Morgan fingerprint density at radius 2 is 1.67 bits per heavy atom. The number of nitro benzene ring substituents is 1. The van der Waals surface area contributed by atoms with Gasteiger partial charge in [-0.05, 0) is 13.0 Å². The molecule has 1 saturated heterocycles. The number of hydrogen-bond donors (Lipinski definition) is 0. The third-order valence-corrected chi connectivity index (χ3v) is 4.69. The Hall–Kier alpha value is -3.42. The lowest BCUT2D eigenvalue weighted by molar-refractivity contribution is -0.384. The first-order valence-corrected chi connectivity index (χ1v) is 8.76. The second-order valence-electron chi connectivity index (χ2n) is 6.49. The quantitative estimate of drug-likeness (QED) is 0.518. The van der Waals surface area contributed by atoms with Gasteiger partial charge in [0.15, 0.2) is 0 Å². The summed E-state index contributed by atoms with van der Waals surface area (Å²) >= 11 is 0. The normalized spacial score (nSPS) is 14.4. The molecule has 0 unspecified atom stereocenters. The van der Waals surface area contributed by atoms with Crippen molar-refractivity contribution in [2.24, 2.45) is 0 Å². The predicted octanol–water partition coefficient (Wildman–Crippen LogP) is 3.28. The lowest BCUT2D eigenvalue weighted by Crippen LogP contribution is -2.46. The first-order chi connectivity index (χ1) is 13.1. The van der Waals surface area contributed by atoms with E-state index in [4.69, 9.17) is 4.52 Å². The predicted molar refractivity (Wildman–Crippen MR) is 102 cm³/mol. The molecule has 0 bridgehead atoms. The number of para-hydroxylation sites is 2. The zero-order chi connectivity index (χ0) is 18.8. The van der Waals surface area contributed by atoms with Crippen LogP contribution in [-0.2, 0) is 0 Å². The standard InChI is InChI=1S/C19H19N5O3/c1-14-6-8-15(9-7-14)18-20-19(27-21-18)23-12-10-22(11-13-23)16-4-2-3-5-17(16)24(25)26/h2-9H,10-13H2,1H3. The van der Waals surface area contributed by atoms with Gasteiger partial charge in [0.05, 0.1) is 4.92 Å². The van der Waals surface area contributed by atoms with E-state index in [1.165, 1.54) is 11.6 Å². The van der Waals surface area contributed by atoms with Crippen LogP contribution in [0.2, 0.25) is 0 Å². The first-order valence-electron chi connectivity index (χ1n) is 8.76. The summed E-state index contributed by atoms with van der Waals surface area (Å²) in [6, 6.07) is 15.3. The monoisotopic (exact) mass is 365 g/mol. The van der Waals surface area contributed by atoms with Gasteiger partial charge in [-0.2, -0.15) is 4.98 Å². The second kappa shape index (κ2) is 7.06.